The molecular weight excluding hydrogens is 1780 g/mol. The van der Waals surface area contributed by atoms with Gasteiger partial charge in [0.05, 0.1) is 57.5 Å². The molecule has 27 atom stereocenters. The van der Waals surface area contributed by atoms with Gasteiger partial charge in [-0.2, -0.15) is 15.0 Å². The SMILES string of the molecule is CO[C@H]1C(OP(O)(=S)OC)[C@@H](COP(O)(=S)OC2C[C@H](n3cc(C)c(N)nc3=O)O[C@@H]2COP(O)(=S)OC2[C@@H]3O[C@@H](C)[C@]2(COP(=O)(S)OC2[C@@H]4O[C@@H](C)[C@]2(COP(O)(=S)OC2[C@@H]5O[C@@H](C)[C@]2(CO)O[C@H]5n2cc(C)c(=O)[nH]c2=O)O[C@H]4n2cc(C)c(=O)[nH]c2=O)O[C@H]3n2cc(C)c(N)nc2=O)O[C@H]1n1ccc(N)nc1=O.[Y]. The summed E-state index contributed by atoms with van der Waals surface area (Å²) in [6.45, 7) is -17.0. The molecule has 1 radical (unpaired) electrons. The molecule has 0 saturated carbocycles. The van der Waals surface area contributed by atoms with E-state index >= 15 is 4.57 Å². The molecule has 8 saturated heterocycles. The smallest absolute Gasteiger partial charge is 0.386 e. The van der Waals surface area contributed by atoms with Gasteiger partial charge >= 0.3 is 62.1 Å². The summed E-state index contributed by atoms with van der Waals surface area (Å²) in [7, 11) is 2.33. The number of nitrogens with two attached hydrogens (primary N) is 3. The molecule has 0 amide bonds. The largest absolute Gasteiger partial charge is 0.393 e. The molecule has 13 N–H and O–H groups in total. The second-order valence-electron chi connectivity index (χ2n) is 27.4. The molecule has 5 aromatic heterocycles. The van der Waals surface area contributed by atoms with Gasteiger partial charge in [0.1, 0.15) is 102 Å². The van der Waals surface area contributed by atoms with E-state index in [0.717, 1.165) is 36.1 Å². The van der Waals surface area contributed by atoms with Crippen LogP contribution in [0, 0.1) is 27.7 Å². The number of hydrogen-bond donors (Lipinski definition) is 11. The van der Waals surface area contributed by atoms with Crippen LogP contribution in [0.4, 0.5) is 17.5 Å². The number of thiol groups is 1. The molecule has 56 heteroatoms. The van der Waals surface area contributed by atoms with Crippen molar-refractivity contribution < 1.29 is 150 Å². The zero-order valence-electron chi connectivity index (χ0n) is 60.6. The second kappa shape index (κ2) is 33.3. The van der Waals surface area contributed by atoms with Crippen molar-refractivity contribution in [1.82, 2.24) is 47.8 Å². The normalized spacial score (nSPS) is 35.6. The Morgan fingerprint density at radius 3 is 1.51 bits per heavy atom. The van der Waals surface area contributed by atoms with E-state index in [1.807, 2.05) is 0 Å². The average Bonchev–Trinajstić information content (AvgIpc) is 1.56. The third-order valence-corrected chi connectivity index (χ3v) is 28.3. The predicted molar refractivity (Wildman–Crippen MR) is 400 cm³/mol. The van der Waals surface area contributed by atoms with Crippen LogP contribution in [-0.4, -0.2) is 222 Å². The van der Waals surface area contributed by atoms with Gasteiger partial charge in [0, 0.05) is 107 Å². The number of hydrogen-bond acceptors (Lipinski definition) is 38. The Hall–Kier alpha value is -3.28. The molecular formula is C57H78N13O32P5S5Y. The number of nitrogens with one attached hydrogen (secondary N) is 2. The Morgan fingerprint density at radius 2 is 0.991 bits per heavy atom. The molecule has 113 heavy (non-hydrogen) atoms. The zero-order chi connectivity index (χ0) is 81.4. The summed E-state index contributed by atoms with van der Waals surface area (Å²) in [5.41, 5.74) is 6.40. The minimum absolute atomic E-state index is 0. The van der Waals surface area contributed by atoms with Crippen molar-refractivity contribution >= 4 is 111 Å². The topological polar surface area (TPSA) is 586 Å². The Morgan fingerprint density at radius 1 is 0.549 bits per heavy atom. The number of nitrogen functional groups attached to an aromatic ring is 3. The first-order valence-corrected chi connectivity index (χ1v) is 46.8. The maximum atomic E-state index is 15.4. The molecule has 0 aliphatic carbocycles. The van der Waals surface area contributed by atoms with Crippen molar-refractivity contribution in [1.29, 1.82) is 0 Å². The number of nitrogens with zero attached hydrogens (tertiary/aromatic N) is 8. The van der Waals surface area contributed by atoms with Gasteiger partial charge in [-0.1, -0.05) is 12.2 Å². The summed E-state index contributed by atoms with van der Waals surface area (Å²) in [5, 5.41) is 10.9. The number of fused-ring (bicyclic) bond motifs is 6. The van der Waals surface area contributed by atoms with Gasteiger partial charge in [-0.15, -0.1) is 0 Å². The maximum absolute atomic E-state index is 15.4. The third kappa shape index (κ3) is 17.3. The molecule has 8 fully saturated rings. The fraction of sp³-hybridized carbons (Fsp3) is 0.649. The maximum Gasteiger partial charge on any atom is 0.386 e. The van der Waals surface area contributed by atoms with Crippen molar-refractivity contribution in [2.45, 2.75) is 188 Å². The van der Waals surface area contributed by atoms with Crippen LogP contribution in [0.1, 0.15) is 80.6 Å². The second-order valence-corrected chi connectivity index (χ2v) is 41.5. The summed E-state index contributed by atoms with van der Waals surface area (Å²) in [5.74, 6) is -0.369. The van der Waals surface area contributed by atoms with E-state index in [0.29, 0.717) is 5.56 Å². The Bertz CT molecular complexity index is 5230. The van der Waals surface area contributed by atoms with Gasteiger partial charge in [-0.25, -0.2) is 28.5 Å². The number of H-pyrrole nitrogens is 2. The first kappa shape index (κ1) is 89.0. The number of aromatic nitrogens is 10. The van der Waals surface area contributed by atoms with Gasteiger partial charge in [-0.3, -0.25) is 65.0 Å². The number of aliphatic hydroxyl groups excluding tert-OH is 1. The third-order valence-electron chi connectivity index (χ3n) is 20.4. The molecule has 45 nitrogen and oxygen atoms in total. The monoisotopic (exact) mass is 1860 g/mol. The molecule has 13 rings (SSSR count). The van der Waals surface area contributed by atoms with Gasteiger partial charge < -0.3 is 107 Å². The number of aryl methyl sites for hydroxylation is 4. The standard InChI is InChI=1S/C57H78N13O32P5S5.Y/c1-22-13-67(51(75)62-42(22)59)33-12-29(98-104(80,109)87-18-31-34(99-103(79,108)85-9)35(84-8)46(94-31)66-11-10-32(58)61-50(66)74)30(93-33)17-86-105(81,110)101-40-37-48(68-14-23(2)43(60)63-52(68)76)96-56(40,27(6)91-37)20-89-107(83,112)102-41-38-49(70-16-25(4)45(73)65-54(70)78)97-57(41,28(7)92-38)21-88-106(82,111)100-39-36-47(95-55(39,19-71)26(5)90-36)69-15-24(3)44(72)64-53(69)77;/h10-11,13-16,26-31,33-41,46-49,71H,12,17-21H2,1-9H3,(H,79,108)(H,80,109)(H,81,110)(H,82,111)(H,83,112)(H2,58,61,74)(H2,59,62,75)(H2,60,63,76)(H,64,72,77)(H,65,73,78);/t26-,27-,28-,29?,30+,31+,33+,34?,35-,36-,37-,38-,39?,40?,41?,46+,47+,48+,49+,55-,56-,57-,103?,104?,105?,106?,107?;/m0./s1. The van der Waals surface area contributed by atoms with Crippen molar-refractivity contribution in [3.05, 3.63) is 132 Å². The molecule has 10 unspecified atom stereocenters. The van der Waals surface area contributed by atoms with Crippen LogP contribution in [0.25, 0.3) is 0 Å². The van der Waals surface area contributed by atoms with Gasteiger partial charge in [0.25, 0.3) is 11.1 Å². The first-order chi connectivity index (χ1) is 52.4. The van der Waals surface area contributed by atoms with Gasteiger partial charge in [-0.05, 0) is 102 Å². The van der Waals surface area contributed by atoms with Crippen molar-refractivity contribution in [3.8, 4) is 0 Å². The molecule has 8 aliphatic rings. The van der Waals surface area contributed by atoms with Crippen LogP contribution in [0.5, 0.6) is 0 Å². The summed E-state index contributed by atoms with van der Waals surface area (Å²) < 4.78 is 137. The summed E-state index contributed by atoms with van der Waals surface area (Å²) in [4.78, 5) is 155. The average molecular weight is 1860 g/mol. The first-order valence-electron chi connectivity index (χ1n) is 33.7. The van der Waals surface area contributed by atoms with Crippen LogP contribution in [-0.2, 0) is 172 Å². The molecule has 0 aromatic carbocycles. The summed E-state index contributed by atoms with van der Waals surface area (Å²) >= 11 is 26.5. The number of ether oxygens (including phenoxy) is 9. The molecule has 5 aromatic rings. The molecule has 0 spiro atoms. The van der Waals surface area contributed by atoms with E-state index in [2.05, 4.69) is 37.2 Å². The van der Waals surface area contributed by atoms with Gasteiger partial charge in [0.15, 0.2) is 24.9 Å². The minimum Gasteiger partial charge on any atom is -0.393 e. The van der Waals surface area contributed by atoms with E-state index in [9.17, 15) is 58.2 Å². The fourth-order valence-corrected chi connectivity index (χ4v) is 21.3. The van der Waals surface area contributed by atoms with E-state index < -0.39 is 240 Å². The van der Waals surface area contributed by atoms with E-state index in [1.165, 1.54) is 79.5 Å². The Balaban J connectivity index is 0.0000118. The van der Waals surface area contributed by atoms with Crippen LogP contribution in [0.2, 0.25) is 0 Å². The zero-order valence-corrected chi connectivity index (χ0v) is 72.1. The number of rotatable bonds is 30. The number of anilines is 3. The minimum atomic E-state index is -5.05. The van der Waals surface area contributed by atoms with Crippen LogP contribution >= 0.6 is 45.9 Å². The fourth-order valence-electron chi connectivity index (χ4n) is 14.5. The number of aromatic amines is 2. The van der Waals surface area contributed by atoms with E-state index in [4.69, 9.17) is 152 Å². The van der Waals surface area contributed by atoms with Crippen molar-refractivity contribution in [3.63, 3.8) is 0 Å². The van der Waals surface area contributed by atoms with Crippen LogP contribution in [0.3, 0.4) is 0 Å². The molecule has 621 valence electrons. The predicted octanol–water partition coefficient (Wildman–Crippen LogP) is -1.26. The Kier molecular flexibility index (Phi) is 26.2. The summed E-state index contributed by atoms with van der Waals surface area (Å²) in [6.07, 6.45) is -20.6. The van der Waals surface area contributed by atoms with Crippen molar-refractivity contribution in [2.24, 2.45) is 0 Å². The van der Waals surface area contributed by atoms with E-state index in [1.54, 1.807) is 6.92 Å². The van der Waals surface area contributed by atoms with E-state index in [-0.39, 0.29) is 73.3 Å². The molecule has 13 heterocycles. The van der Waals surface area contributed by atoms with Crippen molar-refractivity contribution in [2.75, 3.05) is 64.5 Å². The molecule has 8 aliphatic heterocycles. The number of aliphatic hydroxyl groups is 1. The number of methoxy groups -OCH3 is 1. The van der Waals surface area contributed by atoms with Gasteiger partial charge in [0.2, 0.25) is 0 Å². The molecule has 6 bridgehead atoms. The van der Waals surface area contributed by atoms with Crippen LogP contribution in [0.15, 0.2) is 70.6 Å². The summed E-state index contributed by atoms with van der Waals surface area (Å²) in [6, 6.07) is 1.30. The quantitative estimate of drug-likeness (QED) is 0.0189. The van der Waals surface area contributed by atoms with Crippen LogP contribution < -0.4 is 56.8 Å². The Labute approximate surface area is 688 Å².